The fourth-order valence-corrected chi connectivity index (χ4v) is 5.12. The summed E-state index contributed by atoms with van der Waals surface area (Å²) >= 11 is 3.31. The lowest BCUT2D eigenvalue weighted by Crippen LogP contribution is -2.18. The van der Waals surface area contributed by atoms with E-state index in [0.29, 0.717) is 17.5 Å². The summed E-state index contributed by atoms with van der Waals surface area (Å²) in [7, 11) is 0. The maximum absolute atomic E-state index is 5.97. The van der Waals surface area contributed by atoms with E-state index in [1.165, 1.54) is 10.3 Å². The predicted octanol–water partition coefficient (Wildman–Crippen LogP) is 4.05. The summed E-state index contributed by atoms with van der Waals surface area (Å²) in [6.07, 6.45) is 0.984. The van der Waals surface area contributed by atoms with Crippen LogP contribution in [0.5, 0.6) is 0 Å². The zero-order valence-electron chi connectivity index (χ0n) is 14.4. The number of hydrogen-bond donors (Lipinski definition) is 1. The van der Waals surface area contributed by atoms with Crippen molar-refractivity contribution < 1.29 is 0 Å². The van der Waals surface area contributed by atoms with Crippen molar-refractivity contribution in [2.75, 3.05) is 17.2 Å². The van der Waals surface area contributed by atoms with E-state index in [9.17, 15) is 0 Å². The van der Waals surface area contributed by atoms with Gasteiger partial charge >= 0.3 is 0 Å². The van der Waals surface area contributed by atoms with Crippen molar-refractivity contribution in [2.45, 2.75) is 16.5 Å². The van der Waals surface area contributed by atoms with Crippen LogP contribution in [0.4, 0.5) is 17.6 Å². The van der Waals surface area contributed by atoms with Gasteiger partial charge in [0.2, 0.25) is 11.9 Å². The predicted molar refractivity (Wildman–Crippen MR) is 111 cm³/mol. The third-order valence-corrected chi connectivity index (χ3v) is 6.59. The molecule has 1 aliphatic rings. The van der Waals surface area contributed by atoms with Gasteiger partial charge in [0.25, 0.3) is 0 Å². The first kappa shape index (κ1) is 16.5. The van der Waals surface area contributed by atoms with Gasteiger partial charge in [0.15, 0.2) is 4.34 Å². The molecule has 0 radical (unpaired) electrons. The number of hydrogen-bond acceptors (Lipinski definition) is 8. The average molecular weight is 393 g/mol. The minimum Gasteiger partial charge on any atom is -0.368 e. The quantitative estimate of drug-likeness (QED) is 0.525. The summed E-state index contributed by atoms with van der Waals surface area (Å²) in [6.45, 7) is 0.854. The molecule has 2 aromatic carbocycles. The molecule has 5 rings (SSSR count). The number of anilines is 3. The van der Waals surface area contributed by atoms with Gasteiger partial charge in [-0.1, -0.05) is 42.1 Å². The van der Waals surface area contributed by atoms with E-state index >= 15 is 0 Å². The fraction of sp³-hybridized carbons (Fsp3) is 0.158. The maximum Gasteiger partial charge on any atom is 0.235 e. The standard InChI is InChI=1S/C19H16N6S2/c20-17-22-16(11-26-19-21-13-6-2-4-8-15(13)27-19)23-18(24-17)25-10-9-12-5-1-3-7-14(12)25/h1-8H,9-11H2,(H2,20,22,23,24). The van der Waals surface area contributed by atoms with Crippen LogP contribution in [0.25, 0.3) is 10.2 Å². The van der Waals surface area contributed by atoms with Crippen LogP contribution < -0.4 is 10.6 Å². The van der Waals surface area contributed by atoms with Crippen LogP contribution in [0.15, 0.2) is 52.9 Å². The third kappa shape index (κ3) is 3.22. The molecule has 0 atom stereocenters. The molecule has 3 heterocycles. The zero-order chi connectivity index (χ0) is 18.2. The summed E-state index contributed by atoms with van der Waals surface area (Å²) in [5.74, 6) is 2.15. The topological polar surface area (TPSA) is 80.8 Å². The Morgan fingerprint density at radius 2 is 1.85 bits per heavy atom. The number of benzene rings is 2. The lowest BCUT2D eigenvalue weighted by Gasteiger charge is -2.17. The molecular formula is C19H16N6S2. The van der Waals surface area contributed by atoms with Crippen LogP contribution >= 0.6 is 23.1 Å². The Hall–Kier alpha value is -2.71. The van der Waals surface area contributed by atoms with Crippen LogP contribution in [0.3, 0.4) is 0 Å². The van der Waals surface area contributed by atoms with Crippen LogP contribution in [-0.2, 0) is 12.2 Å². The monoisotopic (exact) mass is 392 g/mol. The van der Waals surface area contributed by atoms with E-state index in [1.807, 2.05) is 24.3 Å². The van der Waals surface area contributed by atoms with Gasteiger partial charge < -0.3 is 10.6 Å². The van der Waals surface area contributed by atoms with Crippen molar-refractivity contribution >= 4 is 50.9 Å². The van der Waals surface area contributed by atoms with Gasteiger partial charge in [-0.25, -0.2) is 4.98 Å². The van der Waals surface area contributed by atoms with Gasteiger partial charge in [-0.3, -0.25) is 0 Å². The van der Waals surface area contributed by atoms with Crippen LogP contribution in [0.2, 0.25) is 0 Å². The highest BCUT2D eigenvalue weighted by Gasteiger charge is 2.23. The number of para-hydroxylation sites is 2. The van der Waals surface area contributed by atoms with Crippen molar-refractivity contribution in [3.63, 3.8) is 0 Å². The molecule has 0 saturated carbocycles. The second-order valence-corrected chi connectivity index (χ2v) is 8.43. The first-order valence-corrected chi connectivity index (χ1v) is 10.4. The van der Waals surface area contributed by atoms with E-state index in [2.05, 4.69) is 49.1 Å². The SMILES string of the molecule is Nc1nc(CSc2nc3ccccc3s2)nc(N2CCc3ccccc32)n1. The van der Waals surface area contributed by atoms with Crippen molar-refractivity contribution in [1.29, 1.82) is 0 Å². The number of nitrogens with two attached hydrogens (primary N) is 1. The molecule has 2 N–H and O–H groups in total. The number of thioether (sulfide) groups is 1. The van der Waals surface area contributed by atoms with Crippen molar-refractivity contribution in [3.05, 3.63) is 59.9 Å². The number of thiazole rings is 1. The summed E-state index contributed by atoms with van der Waals surface area (Å²) in [4.78, 5) is 20.1. The Kier molecular flexibility index (Phi) is 4.14. The molecule has 134 valence electrons. The molecule has 0 bridgehead atoms. The largest absolute Gasteiger partial charge is 0.368 e. The molecule has 0 amide bonds. The smallest absolute Gasteiger partial charge is 0.235 e. The summed E-state index contributed by atoms with van der Waals surface area (Å²) in [5.41, 5.74) is 9.44. The molecule has 0 fully saturated rings. The van der Waals surface area contributed by atoms with E-state index in [-0.39, 0.29) is 5.95 Å². The molecular weight excluding hydrogens is 376 g/mol. The van der Waals surface area contributed by atoms with Gasteiger partial charge in [-0.05, 0) is 30.2 Å². The Morgan fingerprint density at radius 1 is 1.00 bits per heavy atom. The van der Waals surface area contributed by atoms with Crippen LogP contribution in [-0.4, -0.2) is 26.5 Å². The number of nitrogen functional groups attached to an aromatic ring is 1. The summed E-state index contributed by atoms with van der Waals surface area (Å²) in [5, 5.41) is 0. The van der Waals surface area contributed by atoms with Gasteiger partial charge in [-0.15, -0.1) is 11.3 Å². The second kappa shape index (κ2) is 6.79. The molecule has 0 spiro atoms. The first-order chi connectivity index (χ1) is 13.3. The minimum absolute atomic E-state index is 0.254. The average Bonchev–Trinajstić information content (AvgIpc) is 3.29. The lowest BCUT2D eigenvalue weighted by atomic mass is 10.2. The Balaban J connectivity index is 1.39. The minimum atomic E-state index is 0.254. The van der Waals surface area contributed by atoms with E-state index in [1.54, 1.807) is 23.1 Å². The molecule has 4 aromatic rings. The zero-order valence-corrected chi connectivity index (χ0v) is 16.0. The van der Waals surface area contributed by atoms with E-state index in [0.717, 1.165) is 28.5 Å². The Bertz CT molecular complexity index is 1090. The number of rotatable bonds is 4. The Morgan fingerprint density at radius 3 is 2.78 bits per heavy atom. The van der Waals surface area contributed by atoms with Gasteiger partial charge in [0.05, 0.1) is 16.0 Å². The van der Waals surface area contributed by atoms with Crippen LogP contribution in [0.1, 0.15) is 11.4 Å². The van der Waals surface area contributed by atoms with Gasteiger partial charge in [0, 0.05) is 12.2 Å². The molecule has 0 aliphatic carbocycles. The van der Waals surface area contributed by atoms with E-state index < -0.39 is 0 Å². The Labute approximate surface area is 164 Å². The van der Waals surface area contributed by atoms with Crippen LogP contribution in [0, 0.1) is 0 Å². The lowest BCUT2D eigenvalue weighted by molar-refractivity contribution is 0.895. The highest BCUT2D eigenvalue weighted by atomic mass is 32.2. The third-order valence-electron chi connectivity index (χ3n) is 4.41. The number of fused-ring (bicyclic) bond motifs is 2. The maximum atomic E-state index is 5.97. The fourth-order valence-electron chi connectivity index (χ4n) is 3.20. The molecule has 8 heteroatoms. The summed E-state index contributed by atoms with van der Waals surface area (Å²) in [6, 6.07) is 16.5. The van der Waals surface area contributed by atoms with Gasteiger partial charge in [-0.2, -0.15) is 15.0 Å². The molecule has 0 unspecified atom stereocenters. The normalized spacial score (nSPS) is 13.3. The first-order valence-electron chi connectivity index (χ1n) is 8.60. The highest BCUT2D eigenvalue weighted by molar-refractivity contribution is 8.00. The van der Waals surface area contributed by atoms with Crippen molar-refractivity contribution in [2.24, 2.45) is 0 Å². The molecule has 2 aromatic heterocycles. The number of aromatic nitrogens is 4. The number of nitrogens with zero attached hydrogens (tertiary/aromatic N) is 5. The molecule has 6 nitrogen and oxygen atoms in total. The highest BCUT2D eigenvalue weighted by Crippen LogP contribution is 2.34. The second-order valence-electron chi connectivity index (χ2n) is 6.18. The summed E-state index contributed by atoms with van der Waals surface area (Å²) < 4.78 is 2.19. The molecule has 1 aliphatic heterocycles. The van der Waals surface area contributed by atoms with Gasteiger partial charge in [0.1, 0.15) is 5.82 Å². The molecule has 0 saturated heterocycles. The van der Waals surface area contributed by atoms with Crippen molar-refractivity contribution in [3.8, 4) is 0 Å². The van der Waals surface area contributed by atoms with Crippen molar-refractivity contribution in [1.82, 2.24) is 19.9 Å². The molecule has 27 heavy (non-hydrogen) atoms. The van der Waals surface area contributed by atoms with E-state index in [4.69, 9.17) is 5.73 Å².